The standard InChI is InChI=1S/C66H55NOSi/c1-63(2,3)40-29-32-45-46-33-30-41(64(4,5)6)36-61(46)69(60(45)35-40)59-28-18-10-20-44(59)47-34-31-42(37-62(47)69)67-55-25-15-12-22-50(55)66(51-23-13-16-26-57(51)68-58-27-17-14-24-52(58)66)54-38-48-43-19-9-11-21-49(43)65(7,8)53(48)39-56(54)67/h9-39H,1-8H3. The largest absolute Gasteiger partial charge is 0.457 e. The molecule has 0 atom stereocenters. The Hall–Kier alpha value is -7.20. The number of anilines is 3. The van der Waals surface area contributed by atoms with Gasteiger partial charge in [0, 0.05) is 22.2 Å². The van der Waals surface area contributed by atoms with Crippen LogP contribution in [-0.2, 0) is 21.7 Å². The summed E-state index contributed by atoms with van der Waals surface area (Å²) in [7, 11) is -2.91. The average Bonchev–Trinajstić information content (AvgIpc) is 3.90. The minimum atomic E-state index is -2.91. The van der Waals surface area contributed by atoms with Crippen LogP contribution in [0, 0.1) is 0 Å². The van der Waals surface area contributed by atoms with E-state index in [0.29, 0.717) is 0 Å². The lowest BCUT2D eigenvalue weighted by atomic mass is 9.60. The Morgan fingerprint density at radius 1 is 0.377 bits per heavy atom. The smallest absolute Gasteiger partial charge is 0.182 e. The Bertz CT molecular complexity index is 3620. The van der Waals surface area contributed by atoms with E-state index >= 15 is 0 Å². The molecule has 0 saturated heterocycles. The highest BCUT2D eigenvalue weighted by Gasteiger charge is 2.56. The summed E-state index contributed by atoms with van der Waals surface area (Å²) in [5.41, 5.74) is 21.2. The topological polar surface area (TPSA) is 12.5 Å². The monoisotopic (exact) mass is 905 g/mol. The molecule has 0 saturated carbocycles. The number of fused-ring (bicyclic) bond motifs is 21. The molecule has 0 radical (unpaired) electrons. The molecule has 9 aromatic rings. The summed E-state index contributed by atoms with van der Waals surface area (Å²) in [5, 5.41) is 6.02. The molecule has 1 aliphatic carbocycles. The summed E-state index contributed by atoms with van der Waals surface area (Å²) < 4.78 is 6.87. The molecule has 2 spiro atoms. The van der Waals surface area contributed by atoms with Gasteiger partial charge in [-0.15, -0.1) is 0 Å². The fourth-order valence-corrected chi connectivity index (χ4v) is 19.3. The van der Waals surface area contributed by atoms with E-state index in [1.807, 2.05) is 0 Å². The minimum absolute atomic E-state index is 0.00889. The minimum Gasteiger partial charge on any atom is -0.457 e. The van der Waals surface area contributed by atoms with Gasteiger partial charge in [0.2, 0.25) is 0 Å². The van der Waals surface area contributed by atoms with E-state index in [-0.39, 0.29) is 16.2 Å². The summed E-state index contributed by atoms with van der Waals surface area (Å²) in [5.74, 6) is 1.80. The van der Waals surface area contributed by atoms with Gasteiger partial charge in [-0.05, 0) is 141 Å². The molecule has 69 heavy (non-hydrogen) atoms. The number of hydrogen-bond donors (Lipinski definition) is 0. The van der Waals surface area contributed by atoms with E-state index in [0.717, 1.165) is 11.5 Å². The number of benzene rings is 9. The Kier molecular flexibility index (Phi) is 8.00. The molecule has 14 rings (SSSR count). The average molecular weight is 906 g/mol. The predicted octanol–water partition coefficient (Wildman–Crippen LogP) is 14.2. The van der Waals surface area contributed by atoms with Crippen LogP contribution in [0.4, 0.5) is 17.1 Å². The molecule has 0 N–H and O–H groups in total. The van der Waals surface area contributed by atoms with Crippen molar-refractivity contribution >= 4 is 45.9 Å². The SMILES string of the molecule is CC(C)(C)c1ccc2c(c1)[Si]1(c3ccccc3-c3ccc(N4c5ccccc5C5(c6ccccc6Oc6ccccc65)c5cc6c(cc54)C(C)(C)c4ccccc4-6)cc31)c1cc(C(C)(C)C)ccc1-2. The van der Waals surface area contributed by atoms with Gasteiger partial charge >= 0.3 is 0 Å². The molecule has 3 heteroatoms. The van der Waals surface area contributed by atoms with Crippen LogP contribution in [-0.4, -0.2) is 8.07 Å². The van der Waals surface area contributed by atoms with Gasteiger partial charge in [-0.3, -0.25) is 0 Å². The highest BCUT2D eigenvalue weighted by Crippen LogP contribution is 2.65. The summed E-state index contributed by atoms with van der Waals surface area (Å²) in [4.78, 5) is 2.63. The lowest BCUT2D eigenvalue weighted by molar-refractivity contribution is 0.434. The van der Waals surface area contributed by atoms with Crippen LogP contribution in [0.5, 0.6) is 11.5 Å². The van der Waals surface area contributed by atoms with E-state index in [9.17, 15) is 0 Å². The zero-order chi connectivity index (χ0) is 47.0. The molecule has 9 aromatic carbocycles. The summed E-state index contributed by atoms with van der Waals surface area (Å²) >= 11 is 0. The van der Waals surface area contributed by atoms with Crippen molar-refractivity contribution in [1.82, 2.24) is 0 Å². The van der Waals surface area contributed by atoms with Gasteiger partial charge in [0.25, 0.3) is 0 Å². The molecular weight excluding hydrogens is 851 g/mol. The molecule has 5 aliphatic rings. The van der Waals surface area contributed by atoms with Crippen molar-refractivity contribution in [2.75, 3.05) is 4.90 Å². The van der Waals surface area contributed by atoms with Gasteiger partial charge in [0.15, 0.2) is 8.07 Å². The maximum Gasteiger partial charge on any atom is 0.182 e. The van der Waals surface area contributed by atoms with Gasteiger partial charge in [-0.1, -0.05) is 201 Å². The van der Waals surface area contributed by atoms with Crippen molar-refractivity contribution in [3.8, 4) is 44.9 Å². The molecule has 4 heterocycles. The van der Waals surface area contributed by atoms with Crippen LogP contribution >= 0.6 is 0 Å². The molecule has 0 aromatic heterocycles. The number of rotatable bonds is 1. The second kappa shape index (κ2) is 13.5. The quantitative estimate of drug-likeness (QED) is 0.152. The second-order valence-corrected chi connectivity index (χ2v) is 26.5. The first-order valence-corrected chi connectivity index (χ1v) is 26.8. The van der Waals surface area contributed by atoms with Crippen molar-refractivity contribution < 1.29 is 4.74 Å². The lowest BCUT2D eigenvalue weighted by Crippen LogP contribution is -2.71. The summed E-state index contributed by atoms with van der Waals surface area (Å²) in [6.45, 7) is 19.0. The molecule has 0 bridgehead atoms. The van der Waals surface area contributed by atoms with Crippen molar-refractivity contribution in [2.45, 2.75) is 77.0 Å². The van der Waals surface area contributed by atoms with Crippen molar-refractivity contribution in [3.05, 3.63) is 233 Å². The van der Waals surface area contributed by atoms with Crippen LogP contribution < -0.4 is 30.4 Å². The number of ether oxygens (including phenoxy) is 1. The molecule has 0 amide bonds. The molecule has 4 aliphatic heterocycles. The maximum absolute atomic E-state index is 6.87. The van der Waals surface area contributed by atoms with Gasteiger partial charge in [-0.2, -0.15) is 0 Å². The Morgan fingerprint density at radius 3 is 1.49 bits per heavy atom. The van der Waals surface area contributed by atoms with Crippen LogP contribution in [0.1, 0.15) is 99.9 Å². The Morgan fingerprint density at radius 2 is 0.870 bits per heavy atom. The Balaban J connectivity index is 1.11. The van der Waals surface area contributed by atoms with Gasteiger partial charge in [0.1, 0.15) is 11.5 Å². The van der Waals surface area contributed by atoms with E-state index in [1.54, 1.807) is 0 Å². The van der Waals surface area contributed by atoms with Gasteiger partial charge in [-0.25, -0.2) is 0 Å². The predicted molar refractivity (Wildman–Crippen MR) is 290 cm³/mol. The highest BCUT2D eigenvalue weighted by atomic mass is 28.3. The molecule has 0 fully saturated rings. The maximum atomic E-state index is 6.87. The van der Waals surface area contributed by atoms with Crippen molar-refractivity contribution in [3.63, 3.8) is 0 Å². The number of hydrogen-bond acceptors (Lipinski definition) is 2. The first kappa shape index (κ1) is 40.8. The summed E-state index contributed by atoms with van der Waals surface area (Å²) in [6, 6.07) is 72.9. The van der Waals surface area contributed by atoms with Crippen LogP contribution in [0.25, 0.3) is 33.4 Å². The third-order valence-electron chi connectivity index (χ3n) is 16.9. The van der Waals surface area contributed by atoms with E-state index in [1.165, 1.54) is 116 Å². The van der Waals surface area contributed by atoms with Crippen LogP contribution in [0.15, 0.2) is 188 Å². The number of para-hydroxylation sites is 3. The normalized spacial score (nSPS) is 16.3. The van der Waals surface area contributed by atoms with E-state index in [2.05, 4.69) is 248 Å². The van der Waals surface area contributed by atoms with E-state index < -0.39 is 13.5 Å². The van der Waals surface area contributed by atoms with Crippen LogP contribution in [0.2, 0.25) is 0 Å². The third kappa shape index (κ3) is 5.11. The number of nitrogens with zero attached hydrogens (tertiary/aromatic N) is 1. The fourth-order valence-electron chi connectivity index (χ4n) is 13.6. The Labute approximate surface area is 407 Å². The molecular formula is C66H55NOSi. The lowest BCUT2D eigenvalue weighted by Gasteiger charge is -2.49. The van der Waals surface area contributed by atoms with Gasteiger partial charge in [0.05, 0.1) is 16.8 Å². The highest BCUT2D eigenvalue weighted by molar-refractivity contribution is 7.24. The van der Waals surface area contributed by atoms with Crippen LogP contribution in [0.3, 0.4) is 0 Å². The first-order chi connectivity index (χ1) is 33.2. The summed E-state index contributed by atoms with van der Waals surface area (Å²) in [6.07, 6.45) is 0. The van der Waals surface area contributed by atoms with Gasteiger partial charge < -0.3 is 9.64 Å². The molecule has 2 nitrogen and oxygen atoms in total. The second-order valence-electron chi connectivity index (χ2n) is 22.8. The molecule has 334 valence electrons. The fraction of sp³-hybridized carbons (Fsp3) is 0.182. The molecule has 0 unspecified atom stereocenters. The van der Waals surface area contributed by atoms with E-state index in [4.69, 9.17) is 4.74 Å². The zero-order valence-electron chi connectivity index (χ0n) is 40.8. The van der Waals surface area contributed by atoms with Crippen molar-refractivity contribution in [2.24, 2.45) is 0 Å². The zero-order valence-corrected chi connectivity index (χ0v) is 41.8. The third-order valence-corrected chi connectivity index (χ3v) is 21.8. The van der Waals surface area contributed by atoms with Crippen molar-refractivity contribution in [1.29, 1.82) is 0 Å². The first-order valence-electron chi connectivity index (χ1n) is 24.8.